The molecule has 2 rings (SSSR count). The summed E-state index contributed by atoms with van der Waals surface area (Å²) in [7, 11) is -0.347. The Hall–Kier alpha value is -1.64. The van der Waals surface area contributed by atoms with Gasteiger partial charge < -0.3 is 10.1 Å². The third-order valence-electron chi connectivity index (χ3n) is 3.04. The Kier molecular flexibility index (Phi) is 5.16. The fraction of sp³-hybridized carbons (Fsp3) is 0.462. The number of unbranched alkanes of at least 4 members (excludes halogenated alkanes) is 1. The minimum Gasteiger partial charge on any atom is -0.385 e. The molecule has 0 unspecified atom stereocenters. The molecule has 0 radical (unpaired) electrons. The van der Waals surface area contributed by atoms with Crippen molar-refractivity contribution in [3.05, 3.63) is 24.4 Å². The number of ether oxygens (including phenoxy) is 1. The van der Waals surface area contributed by atoms with E-state index in [1.807, 2.05) is 6.07 Å². The standard InChI is InChI=1S/C13H20N4O3S/c1-14-12-13(17-9-5-3-7-11(17)16-12)21(18,19)15-8-4-6-10-20-2/h3,5,7,9,14-15H,4,6,8,10H2,1-2H3. The highest BCUT2D eigenvalue weighted by Gasteiger charge is 2.24. The molecule has 0 aliphatic heterocycles. The van der Waals surface area contributed by atoms with Gasteiger partial charge in [-0.05, 0) is 25.0 Å². The number of sulfonamides is 1. The number of rotatable bonds is 8. The van der Waals surface area contributed by atoms with Gasteiger partial charge in [-0.25, -0.2) is 18.1 Å². The van der Waals surface area contributed by atoms with Gasteiger partial charge in [0.2, 0.25) is 0 Å². The van der Waals surface area contributed by atoms with Crippen molar-refractivity contribution in [2.24, 2.45) is 0 Å². The average molecular weight is 312 g/mol. The molecule has 0 bridgehead atoms. The van der Waals surface area contributed by atoms with Crippen molar-refractivity contribution in [2.75, 3.05) is 32.6 Å². The number of imidazole rings is 1. The van der Waals surface area contributed by atoms with E-state index in [2.05, 4.69) is 15.0 Å². The molecule has 116 valence electrons. The lowest BCUT2D eigenvalue weighted by molar-refractivity contribution is 0.193. The zero-order valence-corrected chi connectivity index (χ0v) is 13.0. The number of pyridine rings is 1. The third-order valence-corrected chi connectivity index (χ3v) is 4.53. The predicted octanol–water partition coefficient (Wildman–Crippen LogP) is 1.08. The van der Waals surface area contributed by atoms with Crippen LogP contribution in [0.25, 0.3) is 5.65 Å². The number of hydrogen-bond acceptors (Lipinski definition) is 5. The van der Waals surface area contributed by atoms with Crippen molar-refractivity contribution in [3.8, 4) is 0 Å². The van der Waals surface area contributed by atoms with Crippen molar-refractivity contribution >= 4 is 21.5 Å². The van der Waals surface area contributed by atoms with Gasteiger partial charge in [-0.3, -0.25) is 4.40 Å². The third kappa shape index (κ3) is 3.52. The maximum atomic E-state index is 12.5. The van der Waals surface area contributed by atoms with Crippen LogP contribution in [0, 0.1) is 0 Å². The van der Waals surface area contributed by atoms with E-state index in [1.165, 1.54) is 0 Å². The van der Waals surface area contributed by atoms with Crippen LogP contribution in [0.15, 0.2) is 29.4 Å². The van der Waals surface area contributed by atoms with E-state index in [-0.39, 0.29) is 5.03 Å². The fourth-order valence-corrected chi connectivity index (χ4v) is 3.40. The Morgan fingerprint density at radius 2 is 2.14 bits per heavy atom. The van der Waals surface area contributed by atoms with Crippen LogP contribution < -0.4 is 10.0 Å². The zero-order valence-electron chi connectivity index (χ0n) is 12.2. The second kappa shape index (κ2) is 6.88. The van der Waals surface area contributed by atoms with Crippen molar-refractivity contribution in [3.63, 3.8) is 0 Å². The van der Waals surface area contributed by atoms with Crippen molar-refractivity contribution < 1.29 is 13.2 Å². The summed E-state index contributed by atoms with van der Waals surface area (Å²) >= 11 is 0. The van der Waals surface area contributed by atoms with E-state index < -0.39 is 10.0 Å². The first kappa shape index (κ1) is 15.7. The first-order chi connectivity index (χ1) is 10.1. The molecule has 0 saturated heterocycles. The molecule has 7 nitrogen and oxygen atoms in total. The minimum absolute atomic E-state index is 0.132. The molecule has 0 amide bonds. The Morgan fingerprint density at radius 1 is 1.33 bits per heavy atom. The molecule has 8 heteroatoms. The molecule has 2 N–H and O–H groups in total. The summed E-state index contributed by atoms with van der Waals surface area (Å²) in [6.45, 7) is 0.994. The molecule has 2 aromatic heterocycles. The topological polar surface area (TPSA) is 84.7 Å². The molecule has 2 aromatic rings. The Balaban J connectivity index is 2.23. The highest BCUT2D eigenvalue weighted by Crippen LogP contribution is 2.21. The normalized spacial score (nSPS) is 11.9. The molecule has 0 spiro atoms. The number of methoxy groups -OCH3 is 1. The van der Waals surface area contributed by atoms with Crippen LogP contribution in [0.2, 0.25) is 0 Å². The average Bonchev–Trinajstić information content (AvgIpc) is 2.86. The van der Waals surface area contributed by atoms with Gasteiger partial charge in [0.05, 0.1) is 0 Å². The summed E-state index contributed by atoms with van der Waals surface area (Å²) in [6, 6.07) is 5.35. The van der Waals surface area contributed by atoms with E-state index in [0.29, 0.717) is 24.6 Å². The Bertz CT molecular complexity index is 697. The van der Waals surface area contributed by atoms with Crippen LogP contribution in [0.3, 0.4) is 0 Å². The van der Waals surface area contributed by atoms with Crippen LogP contribution in [0.1, 0.15) is 12.8 Å². The van der Waals surface area contributed by atoms with E-state index in [1.54, 1.807) is 36.9 Å². The summed E-state index contributed by atoms with van der Waals surface area (Å²) in [6.07, 6.45) is 3.21. The van der Waals surface area contributed by atoms with Crippen LogP contribution in [0.5, 0.6) is 0 Å². The monoisotopic (exact) mass is 312 g/mol. The van der Waals surface area contributed by atoms with Crippen molar-refractivity contribution in [1.82, 2.24) is 14.1 Å². The maximum absolute atomic E-state index is 12.5. The summed E-state index contributed by atoms with van der Waals surface area (Å²) in [5.74, 6) is 0.339. The van der Waals surface area contributed by atoms with Gasteiger partial charge >= 0.3 is 0 Å². The van der Waals surface area contributed by atoms with Crippen LogP contribution in [-0.2, 0) is 14.8 Å². The summed E-state index contributed by atoms with van der Waals surface area (Å²) in [5, 5.41) is 2.96. The quantitative estimate of drug-likeness (QED) is 0.713. The smallest absolute Gasteiger partial charge is 0.260 e. The fourth-order valence-electron chi connectivity index (χ4n) is 2.04. The number of anilines is 1. The van der Waals surface area contributed by atoms with E-state index >= 15 is 0 Å². The highest BCUT2D eigenvalue weighted by molar-refractivity contribution is 7.89. The summed E-state index contributed by atoms with van der Waals surface area (Å²) in [4.78, 5) is 4.27. The maximum Gasteiger partial charge on any atom is 0.260 e. The van der Waals surface area contributed by atoms with E-state index in [0.717, 1.165) is 12.8 Å². The number of fused-ring (bicyclic) bond motifs is 1. The molecule has 0 aliphatic rings. The van der Waals surface area contributed by atoms with Gasteiger partial charge in [-0.2, -0.15) is 0 Å². The van der Waals surface area contributed by atoms with Gasteiger partial charge in [0.1, 0.15) is 5.65 Å². The van der Waals surface area contributed by atoms with Crippen molar-refractivity contribution in [1.29, 1.82) is 0 Å². The molecule has 0 saturated carbocycles. The number of nitrogens with one attached hydrogen (secondary N) is 2. The second-order valence-corrected chi connectivity index (χ2v) is 6.22. The number of hydrogen-bond donors (Lipinski definition) is 2. The second-order valence-electron chi connectivity index (χ2n) is 4.54. The Labute approximate surface area is 124 Å². The molecular weight excluding hydrogens is 292 g/mol. The molecule has 0 atom stereocenters. The van der Waals surface area contributed by atoms with Crippen LogP contribution in [0.4, 0.5) is 5.82 Å². The van der Waals surface area contributed by atoms with Gasteiger partial charge in [0, 0.05) is 33.5 Å². The van der Waals surface area contributed by atoms with E-state index in [4.69, 9.17) is 4.74 Å². The molecule has 21 heavy (non-hydrogen) atoms. The lowest BCUT2D eigenvalue weighted by Gasteiger charge is -2.08. The van der Waals surface area contributed by atoms with Gasteiger partial charge in [0.25, 0.3) is 10.0 Å². The zero-order chi connectivity index (χ0) is 15.3. The molecular formula is C13H20N4O3S. The van der Waals surface area contributed by atoms with Crippen LogP contribution in [-0.4, -0.2) is 45.1 Å². The lowest BCUT2D eigenvalue weighted by atomic mass is 10.3. The molecule has 0 aromatic carbocycles. The summed E-state index contributed by atoms with van der Waals surface area (Å²) < 4.78 is 34.1. The first-order valence-corrected chi connectivity index (χ1v) is 8.22. The lowest BCUT2D eigenvalue weighted by Crippen LogP contribution is -2.26. The SMILES string of the molecule is CNc1nc2ccccn2c1S(=O)(=O)NCCCCOC. The molecule has 2 heterocycles. The molecule has 0 aliphatic carbocycles. The number of aromatic nitrogens is 2. The molecule has 0 fully saturated rings. The summed E-state index contributed by atoms with van der Waals surface area (Å²) in [5.41, 5.74) is 0.585. The minimum atomic E-state index is -3.63. The van der Waals surface area contributed by atoms with E-state index in [9.17, 15) is 8.42 Å². The first-order valence-electron chi connectivity index (χ1n) is 6.73. The highest BCUT2D eigenvalue weighted by atomic mass is 32.2. The van der Waals surface area contributed by atoms with Gasteiger partial charge in [-0.15, -0.1) is 0 Å². The van der Waals surface area contributed by atoms with Crippen molar-refractivity contribution in [2.45, 2.75) is 17.9 Å². The van der Waals surface area contributed by atoms with Gasteiger partial charge in [0.15, 0.2) is 10.8 Å². The largest absolute Gasteiger partial charge is 0.385 e. The van der Waals surface area contributed by atoms with Gasteiger partial charge in [-0.1, -0.05) is 6.07 Å². The number of nitrogens with zero attached hydrogens (tertiary/aromatic N) is 2. The van der Waals surface area contributed by atoms with Crippen LogP contribution >= 0.6 is 0 Å². The predicted molar refractivity (Wildman–Crippen MR) is 81.0 cm³/mol. The Morgan fingerprint density at radius 3 is 2.86 bits per heavy atom.